The summed E-state index contributed by atoms with van der Waals surface area (Å²) < 4.78 is 31.0. The summed E-state index contributed by atoms with van der Waals surface area (Å²) >= 11 is 0. The van der Waals surface area contributed by atoms with E-state index in [0.29, 0.717) is 13.0 Å². The molecule has 0 radical (unpaired) electrons. The Morgan fingerprint density at radius 3 is 2.44 bits per heavy atom. The van der Waals surface area contributed by atoms with E-state index in [1.807, 2.05) is 13.8 Å². The van der Waals surface area contributed by atoms with Crippen molar-refractivity contribution in [3.8, 4) is 0 Å². The van der Waals surface area contributed by atoms with Crippen LogP contribution in [0.15, 0.2) is 0 Å². The molecule has 0 aromatic carbocycles. The summed E-state index contributed by atoms with van der Waals surface area (Å²) in [4.78, 5) is 15.6. The van der Waals surface area contributed by atoms with Crippen LogP contribution in [0.5, 0.6) is 0 Å². The largest absolute Gasteiger partial charge is 0.461 e. The maximum atomic E-state index is 13.3. The number of aliphatic hydroxyl groups is 2. The van der Waals surface area contributed by atoms with E-state index in [0.717, 1.165) is 32.4 Å². The summed E-state index contributed by atoms with van der Waals surface area (Å²) in [6, 6.07) is -0.355. The molecule has 6 rings (SSSR count). The average Bonchev–Trinajstić information content (AvgIpc) is 3.32. The number of fused-ring (bicyclic) bond motifs is 2. The van der Waals surface area contributed by atoms with E-state index in [1.165, 1.54) is 0 Å². The molecule has 0 amide bonds. The van der Waals surface area contributed by atoms with Gasteiger partial charge in [-0.2, -0.15) is 0 Å². The number of likely N-dealkylation sites (tertiary alicyclic amines) is 1. The molecular formula is C30H49NO8. The van der Waals surface area contributed by atoms with Crippen LogP contribution >= 0.6 is 0 Å². The Hall–Kier alpha value is -0.810. The predicted octanol–water partition coefficient (Wildman–Crippen LogP) is 1.87. The molecule has 5 saturated carbocycles. The quantitative estimate of drug-likeness (QED) is 0.416. The molecule has 0 aromatic rings. The lowest BCUT2D eigenvalue weighted by Gasteiger charge is -2.70. The number of likely N-dealkylation sites (N-methyl/N-ethyl adjacent to an activating group) is 1. The fourth-order valence-corrected chi connectivity index (χ4v) is 11.5. The van der Waals surface area contributed by atoms with Crippen molar-refractivity contribution in [2.75, 3.05) is 48.1 Å². The number of piperidine rings is 1. The Morgan fingerprint density at radius 1 is 1.10 bits per heavy atom. The number of ether oxygens (including phenoxy) is 5. The SMILES string of the molecule is CCC(C)C(=O)OC1C2CC3C1C(O)(CC2OC)C1(O)C(OC)C2C4(COC)CCC(OC)C32C1N(CC)C4. The van der Waals surface area contributed by atoms with Gasteiger partial charge >= 0.3 is 5.97 Å². The zero-order valence-electron chi connectivity index (χ0n) is 24.7. The number of hydrogen-bond donors (Lipinski definition) is 2. The van der Waals surface area contributed by atoms with Crippen LogP contribution in [0.25, 0.3) is 0 Å². The minimum atomic E-state index is -1.60. The molecule has 14 unspecified atom stereocenters. The van der Waals surface area contributed by atoms with E-state index in [4.69, 9.17) is 23.7 Å². The minimum Gasteiger partial charge on any atom is -0.461 e. The van der Waals surface area contributed by atoms with E-state index >= 15 is 0 Å². The average molecular weight is 552 g/mol. The second-order valence-electron chi connectivity index (χ2n) is 13.6. The van der Waals surface area contributed by atoms with Gasteiger partial charge in [0.15, 0.2) is 0 Å². The van der Waals surface area contributed by atoms with Crippen LogP contribution in [0.3, 0.4) is 0 Å². The van der Waals surface area contributed by atoms with Crippen LogP contribution in [-0.4, -0.2) is 111 Å². The number of hydrogen-bond acceptors (Lipinski definition) is 9. The van der Waals surface area contributed by atoms with Crippen LogP contribution in [-0.2, 0) is 28.5 Å². The third-order valence-corrected chi connectivity index (χ3v) is 12.7. The summed E-state index contributed by atoms with van der Waals surface area (Å²) in [6.07, 6.45) is 1.85. The lowest BCUT2D eigenvalue weighted by molar-refractivity contribution is -0.319. The summed E-state index contributed by atoms with van der Waals surface area (Å²) in [5.74, 6) is -1.07. The minimum absolute atomic E-state index is 0.0337. The number of carbonyl (C=O) groups is 1. The fourth-order valence-electron chi connectivity index (χ4n) is 11.5. The highest BCUT2D eigenvalue weighted by molar-refractivity contribution is 5.72. The van der Waals surface area contributed by atoms with Crippen LogP contribution in [0.4, 0.5) is 0 Å². The topological polar surface area (TPSA) is 107 Å². The van der Waals surface area contributed by atoms with Crippen molar-refractivity contribution in [3.05, 3.63) is 0 Å². The Kier molecular flexibility index (Phi) is 6.79. The van der Waals surface area contributed by atoms with Gasteiger partial charge in [0.2, 0.25) is 0 Å². The number of nitrogens with zero attached hydrogens (tertiary/aromatic N) is 1. The van der Waals surface area contributed by atoms with Gasteiger partial charge < -0.3 is 33.9 Å². The third-order valence-electron chi connectivity index (χ3n) is 12.7. The van der Waals surface area contributed by atoms with Gasteiger partial charge in [0.25, 0.3) is 0 Å². The summed E-state index contributed by atoms with van der Waals surface area (Å²) in [6.45, 7) is 8.07. The van der Waals surface area contributed by atoms with Gasteiger partial charge in [-0.3, -0.25) is 9.69 Å². The number of rotatable bonds is 9. The fraction of sp³-hybridized carbons (Fsp3) is 0.967. The molecule has 1 spiro atoms. The van der Waals surface area contributed by atoms with Crippen molar-refractivity contribution in [2.45, 2.75) is 94.5 Å². The molecule has 2 N–H and O–H groups in total. The summed E-state index contributed by atoms with van der Waals surface area (Å²) in [7, 11) is 6.87. The molecule has 6 aliphatic rings. The van der Waals surface area contributed by atoms with Crippen molar-refractivity contribution in [2.24, 2.45) is 40.4 Å². The van der Waals surface area contributed by atoms with Crippen molar-refractivity contribution < 1.29 is 38.7 Å². The standard InChI is InChI=1S/C30H49NO8/c1-8-16(3)25(32)39-22-17-12-18-21(22)28(33,13-19(17)36-5)30(34)24(38-7)23-27(15-35-4)11-10-20(37-6)29(18,23)26(30)31(9-2)14-27/h16-24,26,33-34H,8-15H2,1-7H3. The molecule has 39 heavy (non-hydrogen) atoms. The number of carbonyl (C=O) groups excluding carboxylic acids is 1. The Labute approximate surface area is 232 Å². The Bertz CT molecular complexity index is 981. The number of esters is 1. The molecule has 7 bridgehead atoms. The van der Waals surface area contributed by atoms with Gasteiger partial charge in [0.1, 0.15) is 17.3 Å². The van der Waals surface area contributed by atoms with Gasteiger partial charge in [0, 0.05) is 70.0 Å². The van der Waals surface area contributed by atoms with Crippen molar-refractivity contribution in [1.29, 1.82) is 0 Å². The second kappa shape index (κ2) is 9.35. The smallest absolute Gasteiger partial charge is 0.308 e. The predicted molar refractivity (Wildman–Crippen MR) is 142 cm³/mol. The lowest BCUT2D eigenvalue weighted by Crippen LogP contribution is -2.82. The maximum absolute atomic E-state index is 13.3. The van der Waals surface area contributed by atoms with Crippen molar-refractivity contribution in [1.82, 2.24) is 4.90 Å². The van der Waals surface area contributed by atoms with E-state index < -0.39 is 34.7 Å². The van der Waals surface area contributed by atoms with Gasteiger partial charge in [-0.25, -0.2) is 0 Å². The molecule has 9 heteroatoms. The molecule has 1 aliphatic heterocycles. The Morgan fingerprint density at radius 2 is 1.85 bits per heavy atom. The first kappa shape index (κ1) is 28.3. The first-order valence-electron chi connectivity index (χ1n) is 15.1. The highest BCUT2D eigenvalue weighted by atomic mass is 16.6. The van der Waals surface area contributed by atoms with Crippen LogP contribution < -0.4 is 0 Å². The van der Waals surface area contributed by atoms with Crippen molar-refractivity contribution >= 4 is 5.97 Å². The molecule has 6 fully saturated rings. The summed E-state index contributed by atoms with van der Waals surface area (Å²) in [5.41, 5.74) is -3.91. The molecule has 14 atom stereocenters. The zero-order chi connectivity index (χ0) is 28.1. The van der Waals surface area contributed by atoms with Gasteiger partial charge in [-0.15, -0.1) is 0 Å². The molecule has 9 nitrogen and oxygen atoms in total. The Balaban J connectivity index is 1.61. The molecule has 5 aliphatic carbocycles. The third kappa shape index (κ3) is 3.08. The second-order valence-corrected chi connectivity index (χ2v) is 13.6. The van der Waals surface area contributed by atoms with E-state index in [-0.39, 0.29) is 59.7 Å². The highest BCUT2D eigenvalue weighted by Crippen LogP contribution is 2.80. The number of methoxy groups -OCH3 is 4. The van der Waals surface area contributed by atoms with Gasteiger partial charge in [0.05, 0.1) is 36.9 Å². The summed E-state index contributed by atoms with van der Waals surface area (Å²) in [5, 5.41) is 26.4. The van der Waals surface area contributed by atoms with Crippen LogP contribution in [0.2, 0.25) is 0 Å². The molecule has 0 aromatic heterocycles. The van der Waals surface area contributed by atoms with Crippen LogP contribution in [0, 0.1) is 40.4 Å². The van der Waals surface area contributed by atoms with E-state index in [9.17, 15) is 15.0 Å². The van der Waals surface area contributed by atoms with Gasteiger partial charge in [-0.1, -0.05) is 20.8 Å². The van der Waals surface area contributed by atoms with Crippen LogP contribution in [0.1, 0.15) is 52.9 Å². The maximum Gasteiger partial charge on any atom is 0.308 e. The molecule has 222 valence electrons. The normalized spacial score (nSPS) is 54.0. The van der Waals surface area contributed by atoms with Crippen molar-refractivity contribution in [3.63, 3.8) is 0 Å². The zero-order valence-corrected chi connectivity index (χ0v) is 24.7. The first-order valence-corrected chi connectivity index (χ1v) is 15.1. The monoisotopic (exact) mass is 551 g/mol. The molecule has 1 saturated heterocycles. The molecular weight excluding hydrogens is 502 g/mol. The first-order chi connectivity index (χ1) is 18.6. The molecule has 1 heterocycles. The van der Waals surface area contributed by atoms with Gasteiger partial charge in [-0.05, 0) is 38.1 Å². The van der Waals surface area contributed by atoms with E-state index in [2.05, 4.69) is 11.8 Å². The lowest BCUT2D eigenvalue weighted by atomic mass is 9.42. The van der Waals surface area contributed by atoms with E-state index in [1.54, 1.807) is 28.4 Å². The highest BCUT2D eigenvalue weighted by Gasteiger charge is 2.91.